The van der Waals surface area contributed by atoms with Crippen molar-refractivity contribution < 1.29 is 4.79 Å². The third kappa shape index (κ3) is 3.84. The predicted molar refractivity (Wildman–Crippen MR) is 95.1 cm³/mol. The van der Waals surface area contributed by atoms with Gasteiger partial charge in [-0.15, -0.1) is 0 Å². The maximum absolute atomic E-state index is 12.6. The van der Waals surface area contributed by atoms with Gasteiger partial charge in [0.15, 0.2) is 0 Å². The van der Waals surface area contributed by atoms with E-state index in [4.69, 9.17) is 0 Å². The SMILES string of the molecule is Cc1n[nH]c(C)c1[C@@H](C)NC(=O)N1CCN(Cc2nccn2C)CC1. The number of carbonyl (C=O) groups excluding carboxylic acids is 1. The summed E-state index contributed by atoms with van der Waals surface area (Å²) >= 11 is 0. The van der Waals surface area contributed by atoms with Gasteiger partial charge < -0.3 is 14.8 Å². The van der Waals surface area contributed by atoms with Crippen LogP contribution in [0.25, 0.3) is 0 Å². The van der Waals surface area contributed by atoms with Gasteiger partial charge in [0.25, 0.3) is 0 Å². The molecule has 3 heterocycles. The zero-order valence-corrected chi connectivity index (χ0v) is 15.4. The van der Waals surface area contributed by atoms with E-state index in [1.54, 1.807) is 0 Å². The summed E-state index contributed by atoms with van der Waals surface area (Å²) in [5.74, 6) is 1.05. The smallest absolute Gasteiger partial charge is 0.317 e. The highest BCUT2D eigenvalue weighted by Gasteiger charge is 2.24. The fraction of sp³-hybridized carbons (Fsp3) is 0.588. The fourth-order valence-corrected chi connectivity index (χ4v) is 3.40. The minimum absolute atomic E-state index is 0.0101. The molecule has 2 aromatic heterocycles. The molecular weight excluding hydrogens is 318 g/mol. The Morgan fingerprint density at radius 2 is 2.04 bits per heavy atom. The molecule has 1 saturated heterocycles. The second-order valence-corrected chi connectivity index (χ2v) is 6.74. The van der Waals surface area contributed by atoms with E-state index in [0.29, 0.717) is 0 Å². The number of piperazine rings is 1. The minimum atomic E-state index is -0.0585. The lowest BCUT2D eigenvalue weighted by Crippen LogP contribution is -2.51. The summed E-state index contributed by atoms with van der Waals surface area (Å²) in [4.78, 5) is 21.1. The molecule has 3 rings (SSSR count). The van der Waals surface area contributed by atoms with Crippen molar-refractivity contribution >= 4 is 6.03 Å². The highest BCUT2D eigenvalue weighted by molar-refractivity contribution is 5.75. The number of rotatable bonds is 4. The number of aromatic amines is 1. The molecule has 0 aromatic carbocycles. The molecule has 0 unspecified atom stereocenters. The first kappa shape index (κ1) is 17.5. The Balaban J connectivity index is 1.51. The Morgan fingerprint density at radius 3 is 2.60 bits per heavy atom. The summed E-state index contributed by atoms with van der Waals surface area (Å²) in [7, 11) is 2.01. The lowest BCUT2D eigenvalue weighted by molar-refractivity contribution is 0.131. The number of nitrogens with zero attached hydrogens (tertiary/aromatic N) is 5. The monoisotopic (exact) mass is 345 g/mol. The zero-order valence-electron chi connectivity index (χ0n) is 15.4. The van der Waals surface area contributed by atoms with Crippen LogP contribution in [0, 0.1) is 13.8 Å². The molecule has 1 aliphatic rings. The molecule has 1 fully saturated rings. The largest absolute Gasteiger partial charge is 0.337 e. The van der Waals surface area contributed by atoms with Gasteiger partial charge in [-0.1, -0.05) is 0 Å². The molecule has 2 aromatic rings. The van der Waals surface area contributed by atoms with Crippen LogP contribution in [-0.2, 0) is 13.6 Å². The van der Waals surface area contributed by atoms with Crippen LogP contribution in [0.2, 0.25) is 0 Å². The topological polar surface area (TPSA) is 82.1 Å². The van der Waals surface area contributed by atoms with Crippen LogP contribution in [0.5, 0.6) is 0 Å². The van der Waals surface area contributed by atoms with Gasteiger partial charge in [0.2, 0.25) is 0 Å². The number of urea groups is 1. The van der Waals surface area contributed by atoms with Crippen LogP contribution < -0.4 is 5.32 Å². The van der Waals surface area contributed by atoms with E-state index in [1.165, 1.54) is 0 Å². The minimum Gasteiger partial charge on any atom is -0.337 e. The van der Waals surface area contributed by atoms with E-state index in [2.05, 4.69) is 25.4 Å². The number of H-pyrrole nitrogens is 1. The van der Waals surface area contributed by atoms with Crippen molar-refractivity contribution in [3.8, 4) is 0 Å². The Hall–Kier alpha value is -2.35. The van der Waals surface area contributed by atoms with Crippen molar-refractivity contribution in [1.29, 1.82) is 0 Å². The summed E-state index contributed by atoms with van der Waals surface area (Å²) in [6, 6.07) is -0.0685. The summed E-state index contributed by atoms with van der Waals surface area (Å²) in [5.41, 5.74) is 3.01. The molecule has 2 N–H and O–H groups in total. The number of aromatic nitrogens is 4. The third-order valence-electron chi connectivity index (χ3n) is 4.90. The molecule has 2 amide bonds. The van der Waals surface area contributed by atoms with Crippen molar-refractivity contribution in [3.63, 3.8) is 0 Å². The number of nitrogens with one attached hydrogen (secondary N) is 2. The van der Waals surface area contributed by atoms with Gasteiger partial charge in [-0.2, -0.15) is 5.10 Å². The Kier molecular flexibility index (Phi) is 5.08. The van der Waals surface area contributed by atoms with Crippen LogP contribution in [0.15, 0.2) is 12.4 Å². The molecule has 8 heteroatoms. The number of hydrogen-bond acceptors (Lipinski definition) is 4. The quantitative estimate of drug-likeness (QED) is 0.876. The number of aryl methyl sites for hydroxylation is 3. The fourth-order valence-electron chi connectivity index (χ4n) is 3.40. The number of amides is 2. The number of imidazole rings is 1. The molecule has 1 aliphatic heterocycles. The lowest BCUT2D eigenvalue weighted by Gasteiger charge is -2.35. The van der Waals surface area contributed by atoms with Gasteiger partial charge in [-0.3, -0.25) is 10.00 Å². The second-order valence-electron chi connectivity index (χ2n) is 6.74. The van der Waals surface area contributed by atoms with Crippen molar-refractivity contribution in [3.05, 3.63) is 35.2 Å². The van der Waals surface area contributed by atoms with Crippen LogP contribution >= 0.6 is 0 Å². The summed E-state index contributed by atoms with van der Waals surface area (Å²) in [6.45, 7) is 9.94. The molecule has 0 saturated carbocycles. The van der Waals surface area contributed by atoms with Crippen molar-refractivity contribution in [2.45, 2.75) is 33.4 Å². The lowest BCUT2D eigenvalue weighted by atomic mass is 10.1. The van der Waals surface area contributed by atoms with Gasteiger partial charge in [0.05, 0.1) is 18.3 Å². The van der Waals surface area contributed by atoms with Crippen LogP contribution in [0.4, 0.5) is 4.79 Å². The maximum Gasteiger partial charge on any atom is 0.317 e. The second kappa shape index (κ2) is 7.26. The molecule has 0 aliphatic carbocycles. The van der Waals surface area contributed by atoms with Crippen LogP contribution in [0.3, 0.4) is 0 Å². The molecule has 8 nitrogen and oxygen atoms in total. The highest BCUT2D eigenvalue weighted by Crippen LogP contribution is 2.19. The van der Waals surface area contributed by atoms with Crippen molar-refractivity contribution in [2.75, 3.05) is 26.2 Å². The van der Waals surface area contributed by atoms with Crippen molar-refractivity contribution in [2.24, 2.45) is 7.05 Å². The van der Waals surface area contributed by atoms with E-state index in [9.17, 15) is 4.79 Å². The molecular formula is C17H27N7O. The summed E-state index contributed by atoms with van der Waals surface area (Å²) in [6.07, 6.45) is 3.78. The van der Waals surface area contributed by atoms with E-state index >= 15 is 0 Å². The van der Waals surface area contributed by atoms with Gasteiger partial charge in [-0.25, -0.2) is 9.78 Å². The van der Waals surface area contributed by atoms with Gasteiger partial charge >= 0.3 is 6.03 Å². The van der Waals surface area contributed by atoms with Gasteiger partial charge in [0.1, 0.15) is 5.82 Å². The van der Waals surface area contributed by atoms with E-state index < -0.39 is 0 Å². The van der Waals surface area contributed by atoms with Gasteiger partial charge in [-0.05, 0) is 20.8 Å². The average Bonchev–Trinajstić information content (AvgIpc) is 3.13. The molecule has 1 atom stereocenters. The van der Waals surface area contributed by atoms with E-state index in [-0.39, 0.29) is 12.1 Å². The Bertz CT molecular complexity index is 708. The first-order valence-corrected chi connectivity index (χ1v) is 8.71. The molecule has 136 valence electrons. The molecule has 0 bridgehead atoms. The predicted octanol–water partition coefficient (Wildman–Crippen LogP) is 1.35. The van der Waals surface area contributed by atoms with E-state index in [1.807, 2.05) is 49.7 Å². The van der Waals surface area contributed by atoms with Crippen LogP contribution in [-0.4, -0.2) is 61.8 Å². The summed E-state index contributed by atoms with van der Waals surface area (Å²) in [5, 5.41) is 10.3. The van der Waals surface area contributed by atoms with Crippen LogP contribution in [0.1, 0.15) is 35.7 Å². The Labute approximate surface area is 148 Å². The number of hydrogen-bond donors (Lipinski definition) is 2. The number of carbonyl (C=O) groups is 1. The first-order valence-electron chi connectivity index (χ1n) is 8.71. The third-order valence-corrected chi connectivity index (χ3v) is 4.90. The molecule has 25 heavy (non-hydrogen) atoms. The molecule has 0 spiro atoms. The van der Waals surface area contributed by atoms with Gasteiger partial charge in [0, 0.05) is 56.9 Å². The average molecular weight is 345 g/mol. The zero-order chi connectivity index (χ0) is 18.0. The van der Waals surface area contributed by atoms with E-state index in [0.717, 1.165) is 55.5 Å². The highest BCUT2D eigenvalue weighted by atomic mass is 16.2. The standard InChI is InChI=1S/C17H27N7O/c1-12(16-13(2)20-21-14(16)3)19-17(25)24-9-7-23(8-10-24)11-15-18-5-6-22(15)4/h5-6,12H,7-11H2,1-4H3,(H,19,25)(H,20,21)/t12-/m1/s1. The van der Waals surface area contributed by atoms with Crippen molar-refractivity contribution in [1.82, 2.24) is 34.9 Å². The Morgan fingerprint density at radius 1 is 1.32 bits per heavy atom. The normalized spacial score (nSPS) is 16.9. The molecule has 0 radical (unpaired) electrons. The maximum atomic E-state index is 12.6. The summed E-state index contributed by atoms with van der Waals surface area (Å²) < 4.78 is 2.04. The first-order chi connectivity index (χ1) is 12.0.